The molecule has 0 atom stereocenters. The molecule has 0 radical (unpaired) electrons. The fourth-order valence-corrected chi connectivity index (χ4v) is 3.36. The van der Waals surface area contributed by atoms with E-state index >= 15 is 0 Å². The average Bonchev–Trinajstić information content (AvgIpc) is 2.74. The first-order valence-electron chi connectivity index (χ1n) is 9.27. The van der Waals surface area contributed by atoms with Crippen molar-refractivity contribution in [3.05, 3.63) is 48.0 Å². The largest absolute Gasteiger partial charge is 0.497 e. The maximum Gasteiger partial charge on any atom is 0.322 e. The summed E-state index contributed by atoms with van der Waals surface area (Å²) in [4.78, 5) is 16.9. The molecular weight excluding hydrogens is 342 g/mol. The van der Waals surface area contributed by atoms with E-state index < -0.39 is 0 Å². The van der Waals surface area contributed by atoms with Crippen LogP contribution in [-0.2, 0) is 6.42 Å². The Morgan fingerprint density at radius 1 is 1.04 bits per heavy atom. The van der Waals surface area contributed by atoms with Crippen molar-refractivity contribution in [1.82, 2.24) is 4.90 Å². The lowest BCUT2D eigenvalue weighted by molar-refractivity contribution is 0.208. The Balaban J connectivity index is 1.62. The molecule has 0 bridgehead atoms. The van der Waals surface area contributed by atoms with Gasteiger partial charge in [0.1, 0.15) is 11.5 Å². The van der Waals surface area contributed by atoms with Gasteiger partial charge in [0.15, 0.2) is 0 Å². The molecule has 1 heterocycles. The number of nitrogens with one attached hydrogen (secondary N) is 1. The highest BCUT2D eigenvalue weighted by Crippen LogP contribution is 2.29. The van der Waals surface area contributed by atoms with Crippen LogP contribution in [0.4, 0.5) is 16.2 Å². The van der Waals surface area contributed by atoms with Gasteiger partial charge in [-0.15, -0.1) is 0 Å². The quantitative estimate of drug-likeness (QED) is 0.875. The van der Waals surface area contributed by atoms with Crippen molar-refractivity contribution in [2.75, 3.05) is 50.6 Å². The first kappa shape index (κ1) is 18.9. The summed E-state index contributed by atoms with van der Waals surface area (Å²) in [6.45, 7) is 5.18. The standard InChI is InChI=1S/C21H27N3O3/c1-4-16-7-5-6-8-19(16)23-11-13-24(14-12-23)21(25)22-18-10-9-17(26-2)15-20(18)27-3/h5-10,15H,4,11-14H2,1-3H3,(H,22,25). The fourth-order valence-electron chi connectivity index (χ4n) is 3.36. The number of anilines is 2. The Bertz CT molecular complexity index is 786. The lowest BCUT2D eigenvalue weighted by atomic mass is 10.1. The SMILES string of the molecule is CCc1ccccc1N1CCN(C(=O)Nc2ccc(OC)cc2OC)CC1. The van der Waals surface area contributed by atoms with Crippen LogP contribution in [0.25, 0.3) is 0 Å². The van der Waals surface area contributed by atoms with Crippen molar-refractivity contribution in [2.45, 2.75) is 13.3 Å². The number of urea groups is 1. The molecule has 0 saturated carbocycles. The van der Waals surface area contributed by atoms with E-state index in [0.29, 0.717) is 30.3 Å². The van der Waals surface area contributed by atoms with E-state index in [1.807, 2.05) is 4.90 Å². The molecule has 144 valence electrons. The number of hydrogen-bond acceptors (Lipinski definition) is 4. The molecule has 1 aliphatic rings. The van der Waals surface area contributed by atoms with Gasteiger partial charge in [-0.1, -0.05) is 25.1 Å². The molecule has 6 nitrogen and oxygen atoms in total. The van der Waals surface area contributed by atoms with Gasteiger partial charge in [-0.2, -0.15) is 0 Å². The number of rotatable bonds is 5. The van der Waals surface area contributed by atoms with Gasteiger partial charge in [0.25, 0.3) is 0 Å². The Kier molecular flexibility index (Phi) is 6.06. The molecule has 0 aliphatic carbocycles. The zero-order chi connectivity index (χ0) is 19.2. The topological polar surface area (TPSA) is 54.0 Å². The zero-order valence-corrected chi connectivity index (χ0v) is 16.2. The van der Waals surface area contributed by atoms with Crippen LogP contribution in [0.3, 0.4) is 0 Å². The predicted octanol–water partition coefficient (Wildman–Crippen LogP) is 3.62. The summed E-state index contributed by atoms with van der Waals surface area (Å²) < 4.78 is 10.6. The minimum Gasteiger partial charge on any atom is -0.497 e. The van der Waals surface area contributed by atoms with Crippen LogP contribution >= 0.6 is 0 Å². The van der Waals surface area contributed by atoms with E-state index in [0.717, 1.165) is 19.5 Å². The van der Waals surface area contributed by atoms with Gasteiger partial charge in [0, 0.05) is 37.9 Å². The normalized spacial score (nSPS) is 14.0. The number of amides is 2. The number of hydrogen-bond donors (Lipinski definition) is 1. The maximum absolute atomic E-state index is 12.7. The number of benzene rings is 2. The second-order valence-electron chi connectivity index (χ2n) is 6.45. The van der Waals surface area contributed by atoms with Crippen molar-refractivity contribution < 1.29 is 14.3 Å². The molecule has 0 aromatic heterocycles. The minimum absolute atomic E-state index is 0.109. The van der Waals surface area contributed by atoms with Crippen molar-refractivity contribution in [2.24, 2.45) is 0 Å². The van der Waals surface area contributed by atoms with E-state index in [4.69, 9.17) is 9.47 Å². The molecule has 2 amide bonds. The van der Waals surface area contributed by atoms with Crippen LogP contribution in [0.5, 0.6) is 11.5 Å². The molecule has 1 N–H and O–H groups in total. The molecular formula is C21H27N3O3. The summed E-state index contributed by atoms with van der Waals surface area (Å²) >= 11 is 0. The number of para-hydroxylation sites is 1. The van der Waals surface area contributed by atoms with Gasteiger partial charge >= 0.3 is 6.03 Å². The molecule has 1 saturated heterocycles. The number of methoxy groups -OCH3 is 2. The number of ether oxygens (including phenoxy) is 2. The highest BCUT2D eigenvalue weighted by atomic mass is 16.5. The number of piperazine rings is 1. The Labute approximate surface area is 160 Å². The maximum atomic E-state index is 12.7. The van der Waals surface area contributed by atoms with E-state index in [2.05, 4.69) is 41.4 Å². The van der Waals surface area contributed by atoms with E-state index in [-0.39, 0.29) is 6.03 Å². The van der Waals surface area contributed by atoms with Gasteiger partial charge in [0.2, 0.25) is 0 Å². The Hall–Kier alpha value is -2.89. The lowest BCUT2D eigenvalue weighted by Gasteiger charge is -2.37. The van der Waals surface area contributed by atoms with Crippen molar-refractivity contribution >= 4 is 17.4 Å². The van der Waals surface area contributed by atoms with Gasteiger partial charge in [0.05, 0.1) is 19.9 Å². The van der Waals surface area contributed by atoms with E-state index in [1.165, 1.54) is 11.3 Å². The van der Waals surface area contributed by atoms with Gasteiger partial charge in [-0.25, -0.2) is 4.79 Å². The van der Waals surface area contributed by atoms with Crippen molar-refractivity contribution in [3.8, 4) is 11.5 Å². The van der Waals surface area contributed by atoms with Crippen molar-refractivity contribution in [1.29, 1.82) is 0 Å². The highest BCUT2D eigenvalue weighted by molar-refractivity contribution is 5.91. The molecule has 1 aliphatic heterocycles. The predicted molar refractivity (Wildman–Crippen MR) is 108 cm³/mol. The number of carbonyl (C=O) groups is 1. The first-order valence-corrected chi connectivity index (χ1v) is 9.27. The van der Waals surface area contributed by atoms with E-state index in [9.17, 15) is 4.79 Å². The number of aryl methyl sites for hydroxylation is 1. The molecule has 0 spiro atoms. The second-order valence-corrected chi connectivity index (χ2v) is 6.45. The number of nitrogens with zero attached hydrogens (tertiary/aromatic N) is 2. The van der Waals surface area contributed by atoms with Crippen LogP contribution in [0.1, 0.15) is 12.5 Å². The summed E-state index contributed by atoms with van der Waals surface area (Å²) in [6, 6.07) is 13.7. The molecule has 0 unspecified atom stereocenters. The Morgan fingerprint density at radius 2 is 1.78 bits per heavy atom. The van der Waals surface area contributed by atoms with Gasteiger partial charge in [-0.05, 0) is 30.2 Å². The fraction of sp³-hybridized carbons (Fsp3) is 0.381. The molecule has 2 aromatic rings. The third-order valence-electron chi connectivity index (χ3n) is 4.93. The summed E-state index contributed by atoms with van der Waals surface area (Å²) in [7, 11) is 3.18. The third kappa shape index (κ3) is 4.27. The third-order valence-corrected chi connectivity index (χ3v) is 4.93. The summed E-state index contributed by atoms with van der Waals surface area (Å²) in [6.07, 6.45) is 1.01. The highest BCUT2D eigenvalue weighted by Gasteiger charge is 2.23. The molecule has 1 fully saturated rings. The molecule has 2 aromatic carbocycles. The summed E-state index contributed by atoms with van der Waals surface area (Å²) in [5.74, 6) is 1.27. The average molecular weight is 369 g/mol. The molecule has 3 rings (SSSR count). The summed E-state index contributed by atoms with van der Waals surface area (Å²) in [5.41, 5.74) is 3.26. The monoisotopic (exact) mass is 369 g/mol. The van der Waals surface area contributed by atoms with Crippen LogP contribution < -0.4 is 19.7 Å². The van der Waals surface area contributed by atoms with Crippen LogP contribution in [0, 0.1) is 0 Å². The van der Waals surface area contributed by atoms with Crippen LogP contribution in [0.2, 0.25) is 0 Å². The summed E-state index contributed by atoms with van der Waals surface area (Å²) in [5, 5.41) is 2.95. The Morgan fingerprint density at radius 3 is 2.44 bits per heavy atom. The molecule has 6 heteroatoms. The smallest absolute Gasteiger partial charge is 0.322 e. The first-order chi connectivity index (χ1) is 13.2. The van der Waals surface area contributed by atoms with Crippen LogP contribution in [0.15, 0.2) is 42.5 Å². The van der Waals surface area contributed by atoms with Gasteiger partial charge < -0.3 is 24.6 Å². The van der Waals surface area contributed by atoms with Crippen molar-refractivity contribution in [3.63, 3.8) is 0 Å². The number of carbonyl (C=O) groups excluding carboxylic acids is 1. The second kappa shape index (κ2) is 8.66. The van der Waals surface area contributed by atoms with E-state index in [1.54, 1.807) is 32.4 Å². The molecule has 27 heavy (non-hydrogen) atoms. The van der Waals surface area contributed by atoms with Gasteiger partial charge in [-0.3, -0.25) is 0 Å². The van der Waals surface area contributed by atoms with Crippen LogP contribution in [-0.4, -0.2) is 51.3 Å². The lowest BCUT2D eigenvalue weighted by Crippen LogP contribution is -2.50. The zero-order valence-electron chi connectivity index (χ0n) is 16.2. The minimum atomic E-state index is -0.109.